The largest absolute Gasteiger partial charge is 0.484 e. The standard InChI is InChI=1S/C23H29ClN2O3/c1-4-5-12-25-23(28)18(3)26(15-19-9-7-10-20(24)14-19)22(27)16-29-21-11-6-8-17(2)13-21/h6-11,13-14,18H,4-5,12,15-16H2,1-3H3,(H,25,28)/t18-/m1/s1. The summed E-state index contributed by atoms with van der Waals surface area (Å²) in [5.74, 6) is 0.190. The molecule has 156 valence electrons. The Kier molecular flexibility index (Phi) is 9.00. The molecular formula is C23H29ClN2O3. The van der Waals surface area contributed by atoms with Crippen molar-refractivity contribution in [2.75, 3.05) is 13.2 Å². The number of nitrogens with zero attached hydrogens (tertiary/aromatic N) is 1. The lowest BCUT2D eigenvalue weighted by Gasteiger charge is -2.29. The molecule has 0 bridgehead atoms. The van der Waals surface area contributed by atoms with Crippen molar-refractivity contribution in [3.05, 3.63) is 64.7 Å². The lowest BCUT2D eigenvalue weighted by atomic mass is 10.1. The van der Waals surface area contributed by atoms with Gasteiger partial charge in [-0.3, -0.25) is 9.59 Å². The van der Waals surface area contributed by atoms with E-state index < -0.39 is 6.04 Å². The van der Waals surface area contributed by atoms with Gasteiger partial charge in [0.05, 0.1) is 0 Å². The molecule has 2 rings (SSSR count). The molecule has 1 N–H and O–H groups in total. The summed E-state index contributed by atoms with van der Waals surface area (Å²) >= 11 is 6.08. The van der Waals surface area contributed by atoms with Crippen LogP contribution in [0.5, 0.6) is 5.75 Å². The maximum Gasteiger partial charge on any atom is 0.261 e. The summed E-state index contributed by atoms with van der Waals surface area (Å²) in [6, 6.07) is 14.2. The second-order valence-electron chi connectivity index (χ2n) is 7.08. The third kappa shape index (κ3) is 7.42. The van der Waals surface area contributed by atoms with Gasteiger partial charge in [-0.1, -0.05) is 49.2 Å². The highest BCUT2D eigenvalue weighted by molar-refractivity contribution is 6.30. The van der Waals surface area contributed by atoms with Gasteiger partial charge in [-0.15, -0.1) is 0 Å². The number of aryl methyl sites for hydroxylation is 1. The van der Waals surface area contributed by atoms with E-state index in [1.54, 1.807) is 19.1 Å². The van der Waals surface area contributed by atoms with Crippen LogP contribution in [0.25, 0.3) is 0 Å². The molecule has 0 saturated heterocycles. The third-order valence-electron chi connectivity index (χ3n) is 4.59. The van der Waals surface area contributed by atoms with Crippen molar-refractivity contribution >= 4 is 23.4 Å². The molecule has 0 aliphatic carbocycles. The quantitative estimate of drug-likeness (QED) is 0.585. The van der Waals surface area contributed by atoms with Gasteiger partial charge in [0.15, 0.2) is 6.61 Å². The minimum absolute atomic E-state index is 0.142. The monoisotopic (exact) mass is 416 g/mol. The molecule has 0 fully saturated rings. The zero-order valence-electron chi connectivity index (χ0n) is 17.3. The molecule has 0 radical (unpaired) electrons. The van der Waals surface area contributed by atoms with Crippen LogP contribution in [0.3, 0.4) is 0 Å². The van der Waals surface area contributed by atoms with E-state index in [9.17, 15) is 9.59 Å². The van der Waals surface area contributed by atoms with Gasteiger partial charge in [0.1, 0.15) is 11.8 Å². The van der Waals surface area contributed by atoms with E-state index in [2.05, 4.69) is 12.2 Å². The van der Waals surface area contributed by atoms with E-state index in [0.717, 1.165) is 24.0 Å². The molecule has 29 heavy (non-hydrogen) atoms. The Hall–Kier alpha value is -2.53. The Morgan fingerprint density at radius 3 is 2.62 bits per heavy atom. The summed E-state index contributed by atoms with van der Waals surface area (Å²) in [5.41, 5.74) is 1.91. The third-order valence-corrected chi connectivity index (χ3v) is 4.83. The number of carbonyl (C=O) groups is 2. The molecule has 0 heterocycles. The highest BCUT2D eigenvalue weighted by Gasteiger charge is 2.26. The van der Waals surface area contributed by atoms with Crippen molar-refractivity contribution in [3.8, 4) is 5.75 Å². The van der Waals surface area contributed by atoms with Crippen LogP contribution in [0.15, 0.2) is 48.5 Å². The van der Waals surface area contributed by atoms with Gasteiger partial charge in [-0.05, 0) is 55.7 Å². The highest BCUT2D eigenvalue weighted by Crippen LogP contribution is 2.16. The molecule has 6 heteroatoms. The molecule has 0 aliphatic rings. The lowest BCUT2D eigenvalue weighted by molar-refractivity contribution is -0.142. The van der Waals surface area contributed by atoms with E-state index in [1.807, 2.05) is 43.3 Å². The van der Waals surface area contributed by atoms with Crippen molar-refractivity contribution in [1.29, 1.82) is 0 Å². The summed E-state index contributed by atoms with van der Waals surface area (Å²) in [4.78, 5) is 27.1. The number of carbonyl (C=O) groups excluding carboxylic acids is 2. The first-order chi connectivity index (χ1) is 13.9. The van der Waals surface area contributed by atoms with Gasteiger partial charge in [-0.25, -0.2) is 0 Å². The first-order valence-corrected chi connectivity index (χ1v) is 10.3. The summed E-state index contributed by atoms with van der Waals surface area (Å²) in [6.45, 7) is 6.49. The van der Waals surface area contributed by atoms with Crippen molar-refractivity contribution in [1.82, 2.24) is 10.2 Å². The molecular weight excluding hydrogens is 388 g/mol. The van der Waals surface area contributed by atoms with E-state index >= 15 is 0 Å². The van der Waals surface area contributed by atoms with Crippen molar-refractivity contribution < 1.29 is 14.3 Å². The molecule has 2 aromatic carbocycles. The van der Waals surface area contributed by atoms with Gasteiger partial charge in [0.2, 0.25) is 5.91 Å². The second kappa shape index (κ2) is 11.5. The Bertz CT molecular complexity index is 825. The molecule has 5 nitrogen and oxygen atoms in total. The highest BCUT2D eigenvalue weighted by atomic mass is 35.5. The zero-order valence-corrected chi connectivity index (χ0v) is 18.0. The van der Waals surface area contributed by atoms with Gasteiger partial charge < -0.3 is 15.0 Å². The maximum absolute atomic E-state index is 13.0. The number of amides is 2. The van der Waals surface area contributed by atoms with Crippen molar-refractivity contribution in [2.45, 2.75) is 46.2 Å². The molecule has 0 saturated carbocycles. The average molecular weight is 417 g/mol. The molecule has 0 unspecified atom stereocenters. The number of nitrogens with one attached hydrogen (secondary N) is 1. The lowest BCUT2D eigenvalue weighted by Crippen LogP contribution is -2.49. The van der Waals surface area contributed by atoms with Gasteiger partial charge >= 0.3 is 0 Å². The predicted molar refractivity (Wildman–Crippen MR) is 116 cm³/mol. The Morgan fingerprint density at radius 1 is 1.17 bits per heavy atom. The van der Waals surface area contributed by atoms with Crippen LogP contribution in [-0.4, -0.2) is 35.9 Å². The number of hydrogen-bond donors (Lipinski definition) is 1. The SMILES string of the molecule is CCCCNC(=O)[C@@H](C)N(Cc1cccc(Cl)c1)C(=O)COc1cccc(C)c1. The van der Waals surface area contributed by atoms with E-state index in [1.165, 1.54) is 4.90 Å². The Morgan fingerprint density at radius 2 is 1.93 bits per heavy atom. The van der Waals surface area contributed by atoms with Crippen molar-refractivity contribution in [2.24, 2.45) is 0 Å². The zero-order chi connectivity index (χ0) is 21.2. The van der Waals surface area contributed by atoms with Crippen LogP contribution < -0.4 is 10.1 Å². The maximum atomic E-state index is 13.0. The summed E-state index contributed by atoms with van der Waals surface area (Å²) in [5, 5.41) is 3.49. The fourth-order valence-corrected chi connectivity index (χ4v) is 3.10. The van der Waals surface area contributed by atoms with E-state index in [-0.39, 0.29) is 25.0 Å². The minimum Gasteiger partial charge on any atom is -0.484 e. The van der Waals surface area contributed by atoms with Gasteiger partial charge in [0, 0.05) is 18.1 Å². The van der Waals surface area contributed by atoms with E-state index in [4.69, 9.17) is 16.3 Å². The van der Waals surface area contributed by atoms with Crippen LogP contribution in [0, 0.1) is 6.92 Å². The van der Waals surface area contributed by atoms with Crippen molar-refractivity contribution in [3.63, 3.8) is 0 Å². The van der Waals surface area contributed by atoms with Crippen LogP contribution >= 0.6 is 11.6 Å². The first kappa shape index (κ1) is 22.8. The predicted octanol–water partition coefficient (Wildman–Crippen LogP) is 4.36. The summed E-state index contributed by atoms with van der Waals surface area (Å²) in [7, 11) is 0. The van der Waals surface area contributed by atoms with Gasteiger partial charge in [-0.2, -0.15) is 0 Å². The number of halogens is 1. The number of ether oxygens (including phenoxy) is 1. The van der Waals surface area contributed by atoms with Crippen LogP contribution in [0.2, 0.25) is 5.02 Å². The van der Waals surface area contributed by atoms with Crippen LogP contribution in [0.1, 0.15) is 37.8 Å². The molecule has 0 aliphatic heterocycles. The minimum atomic E-state index is -0.626. The molecule has 2 amide bonds. The number of benzene rings is 2. The normalized spacial score (nSPS) is 11.6. The summed E-state index contributed by atoms with van der Waals surface area (Å²) < 4.78 is 5.67. The smallest absolute Gasteiger partial charge is 0.261 e. The molecule has 2 aromatic rings. The number of rotatable bonds is 10. The molecule has 1 atom stereocenters. The summed E-state index contributed by atoms with van der Waals surface area (Å²) in [6.07, 6.45) is 1.89. The Balaban J connectivity index is 2.11. The second-order valence-corrected chi connectivity index (χ2v) is 7.51. The Labute approximate surface area is 178 Å². The van der Waals surface area contributed by atoms with Gasteiger partial charge in [0.25, 0.3) is 5.91 Å². The molecule has 0 aromatic heterocycles. The number of hydrogen-bond acceptors (Lipinski definition) is 3. The number of unbranched alkanes of at least 4 members (excludes halogenated alkanes) is 1. The molecule has 0 spiro atoms. The fourth-order valence-electron chi connectivity index (χ4n) is 2.88. The van der Waals surface area contributed by atoms with Crippen LogP contribution in [0.4, 0.5) is 0 Å². The first-order valence-electron chi connectivity index (χ1n) is 9.91. The average Bonchev–Trinajstić information content (AvgIpc) is 2.70. The van der Waals surface area contributed by atoms with E-state index in [0.29, 0.717) is 17.3 Å². The van der Waals surface area contributed by atoms with Crippen LogP contribution in [-0.2, 0) is 16.1 Å². The topological polar surface area (TPSA) is 58.6 Å². The fraction of sp³-hybridized carbons (Fsp3) is 0.391.